The first-order valence-electron chi connectivity index (χ1n) is 17.5. The second-order valence-electron chi connectivity index (χ2n) is 12.2. The van der Waals surface area contributed by atoms with Crippen molar-refractivity contribution in [3.8, 4) is 0 Å². The summed E-state index contributed by atoms with van der Waals surface area (Å²) in [5.41, 5.74) is 13.9. The fourth-order valence-corrected chi connectivity index (χ4v) is 2.17. The van der Waals surface area contributed by atoms with E-state index in [-0.39, 0.29) is 457 Å². The number of guanidine groups is 3. The van der Waals surface area contributed by atoms with Crippen molar-refractivity contribution >= 4 is 42.2 Å². The SMILES string of the molecule is CN=C([N-]C)C(C)C.CN=C([NH-])[N-]C(C)C.CN=C[N-]C(C)C.C[N-]C(=[N-])C(C)C.C[N-]C(=[N-])[N-]C(C)C.C[N-]C([NH-])=NC(C)C.C[N-]C=NC(C)C.[Ru+].[Ru+].[Ru+].[Ru+].[Ru+].[Ru+].[Ru+].[Ru+].[Ru+].[Ru+].[Ru+].[Ru+].[Ru].[Ru].[Ru].[Ru].[Ru].[Ru].[Ru].[Ru].[Ru]. The van der Waals surface area contributed by atoms with Gasteiger partial charge in [-0.05, 0) is 18.0 Å². The largest absolute Gasteiger partial charge is 1.00 e. The van der Waals surface area contributed by atoms with Crippen molar-refractivity contribution in [3.63, 3.8) is 0 Å². The smallest absolute Gasteiger partial charge is 0.845 e. The summed E-state index contributed by atoms with van der Waals surface area (Å²) in [6.45, 7) is 27.4. The standard InChI is InChI=1S/C6H13N2.2C5H11N3.C5H10N3.2C5H11N2.C5H10N2.21Ru/c1-5(2)6(7-3)8-4;3*1-4(2)8-5(6)7-3;2*1-5(2)7-4-6-3;1-4(2)5(6)7-3;;;;;;;;;;;;;;;;;;;;;/h5H,1-4H3;2*4H,1-3H3,(H-2,6,7,8);4H,1-3H3;2*4-5H,1-3H3;4H,1-3H3;;;;;;;;;;;;;;;;;;;;;/q-1;2*-2;-3;2*-1;-2;;;;;;;;;;12*+1. The van der Waals surface area contributed by atoms with Crippen LogP contribution < -0.4 is 0 Å². The molecule has 17 nitrogen and oxygen atoms in total. The zero-order valence-electron chi connectivity index (χ0n) is 44.8. The van der Waals surface area contributed by atoms with Crippen LogP contribution in [0.15, 0.2) is 25.0 Å². The van der Waals surface area contributed by atoms with Crippen LogP contribution in [0.25, 0.3) is 64.8 Å². The van der Waals surface area contributed by atoms with Gasteiger partial charge in [-0.1, -0.05) is 163 Å². The minimum Gasteiger partial charge on any atom is -0.845 e. The molecule has 0 saturated heterocycles. The van der Waals surface area contributed by atoms with Crippen LogP contribution in [-0.4, -0.2) is 129 Å². The zero-order valence-corrected chi connectivity index (χ0v) is 81.3. The van der Waals surface area contributed by atoms with E-state index in [9.17, 15) is 0 Å². The molecule has 0 aliphatic carbocycles. The summed E-state index contributed by atoms with van der Waals surface area (Å²) in [4.78, 5) is 18.9. The molecule has 2 N–H and O–H groups in total. The van der Waals surface area contributed by atoms with Crippen LogP contribution in [0, 0.1) is 11.8 Å². The topological polar surface area (TPSA) is 267 Å². The van der Waals surface area contributed by atoms with Crippen molar-refractivity contribution < 1.29 is 409 Å². The van der Waals surface area contributed by atoms with Crippen LogP contribution in [0.1, 0.15) is 96.9 Å². The van der Waals surface area contributed by atoms with Gasteiger partial charge in [-0.3, -0.25) is 0 Å². The van der Waals surface area contributed by atoms with Crippen molar-refractivity contribution in [2.24, 2.45) is 36.8 Å². The molecule has 0 aliphatic rings. The van der Waals surface area contributed by atoms with Crippen LogP contribution in [0.3, 0.4) is 0 Å². The maximum Gasteiger partial charge on any atom is 1.00 e. The zero-order chi connectivity index (χ0) is 43.5. The van der Waals surface area contributed by atoms with E-state index in [1.165, 1.54) is 7.05 Å². The Hall–Kier alpha value is 8.78. The summed E-state index contributed by atoms with van der Waals surface area (Å²) in [6, 6.07) is 1.25. The molecule has 74 heavy (non-hydrogen) atoms. The summed E-state index contributed by atoms with van der Waals surface area (Å²) >= 11 is 0. The number of nitrogens with one attached hydrogen (secondary N) is 2. The second-order valence-corrected chi connectivity index (χ2v) is 12.2. The van der Waals surface area contributed by atoms with Gasteiger partial charge >= 0.3 is 234 Å². The third kappa shape index (κ3) is 216. The van der Waals surface area contributed by atoms with Gasteiger partial charge in [0.05, 0.1) is 0 Å². The molecule has 0 atom stereocenters. The van der Waals surface area contributed by atoms with Crippen LogP contribution in [0.4, 0.5) is 0 Å². The number of aliphatic imine (C=N–C) groups is 5. The van der Waals surface area contributed by atoms with Crippen LogP contribution in [0.2, 0.25) is 0 Å². The molecule has 0 saturated carbocycles. The number of amidine groups is 2. The third-order valence-electron chi connectivity index (χ3n) is 4.44. The molecule has 474 valence electrons. The van der Waals surface area contributed by atoms with Gasteiger partial charge in [0.25, 0.3) is 0 Å². The monoisotopic (exact) mass is 2890 g/mol. The van der Waals surface area contributed by atoms with E-state index in [1.54, 1.807) is 62.0 Å². The first-order chi connectivity index (χ1) is 24.4. The van der Waals surface area contributed by atoms with Gasteiger partial charge in [0.2, 0.25) is 0 Å². The van der Waals surface area contributed by atoms with E-state index in [1.807, 2.05) is 83.1 Å². The Bertz CT molecular complexity index is 998. The van der Waals surface area contributed by atoms with Gasteiger partial charge in [-0.15, -0.1) is 32.8 Å². The Morgan fingerprint density at radius 3 is 0.838 bits per heavy atom. The molecule has 0 aromatic heterocycles. The molecule has 12 radical (unpaired) electrons. The molecule has 38 heteroatoms. The quantitative estimate of drug-likeness (QED) is 0.118. The number of nitrogens with zero attached hydrogens (tertiary/aromatic N) is 15. The molecule has 0 aromatic carbocycles. The first-order valence-corrected chi connectivity index (χ1v) is 17.5. The van der Waals surface area contributed by atoms with Crippen molar-refractivity contribution in [3.05, 3.63) is 64.8 Å². The van der Waals surface area contributed by atoms with Crippen molar-refractivity contribution in [1.82, 2.24) is 0 Å². The summed E-state index contributed by atoms with van der Waals surface area (Å²) in [5, 5.41) is 46.9. The van der Waals surface area contributed by atoms with Crippen molar-refractivity contribution in [2.45, 2.75) is 127 Å². The molecule has 0 spiro atoms. The van der Waals surface area contributed by atoms with E-state index >= 15 is 0 Å². The minimum absolute atomic E-state index is 0. The predicted molar refractivity (Wildman–Crippen MR) is 244 cm³/mol. The summed E-state index contributed by atoms with van der Waals surface area (Å²) < 4.78 is 0. The predicted octanol–water partition coefficient (Wildman–Crippen LogP) is 11.4. The van der Waals surface area contributed by atoms with Gasteiger partial charge in [0.1, 0.15) is 0 Å². The average molecular weight is 2870 g/mol. The molecular formula is C36H77N17Ru21. The summed E-state index contributed by atoms with van der Waals surface area (Å²) in [5.74, 6) is 1.92. The molecule has 0 amide bonds. The van der Waals surface area contributed by atoms with E-state index in [4.69, 9.17) is 22.3 Å². The Labute approximate surface area is 723 Å². The van der Waals surface area contributed by atoms with E-state index in [2.05, 4.69) is 81.3 Å². The van der Waals surface area contributed by atoms with Gasteiger partial charge < -0.3 is 102 Å². The Kier molecular flexibility index (Phi) is 372. The van der Waals surface area contributed by atoms with Crippen molar-refractivity contribution in [1.29, 1.82) is 0 Å². The van der Waals surface area contributed by atoms with Gasteiger partial charge in [-0.25, -0.2) is 0 Å². The maximum absolute atomic E-state index is 8.69. The second kappa shape index (κ2) is 149. The molecule has 0 aromatic rings. The first kappa shape index (κ1) is 184. The third-order valence-corrected chi connectivity index (χ3v) is 4.44. The molecule has 0 fully saturated rings. The molecular weight excluding hydrogens is 2790 g/mol. The number of rotatable bonds is 9. The van der Waals surface area contributed by atoms with Crippen LogP contribution in [0.5, 0.6) is 0 Å². The van der Waals surface area contributed by atoms with Crippen LogP contribution in [-0.2, 0) is 409 Å². The molecule has 0 unspecified atom stereocenters. The summed E-state index contributed by atoms with van der Waals surface area (Å²) in [6.07, 6.45) is 3.15. The van der Waals surface area contributed by atoms with E-state index in [0.29, 0.717) is 18.0 Å². The van der Waals surface area contributed by atoms with Crippen molar-refractivity contribution in [2.75, 3.05) is 56.4 Å². The van der Waals surface area contributed by atoms with E-state index in [0.717, 1.165) is 5.84 Å². The molecule has 0 heterocycles. The average Bonchev–Trinajstić information content (AvgIpc) is 3.06. The Balaban J connectivity index is -0.0000000123. The van der Waals surface area contributed by atoms with Gasteiger partial charge in [0.15, 0.2) is 0 Å². The summed E-state index contributed by atoms with van der Waals surface area (Å²) in [7, 11) is 13.2. The molecule has 0 bridgehead atoms. The number of hydrogen-bond acceptors (Lipinski definition) is 5. The molecule has 0 aliphatic heterocycles. The van der Waals surface area contributed by atoms with Crippen LogP contribution >= 0.6 is 0 Å². The van der Waals surface area contributed by atoms with Gasteiger partial charge in [-0.2, -0.15) is 11.9 Å². The fourth-order valence-electron chi connectivity index (χ4n) is 2.17. The number of hydrogen-bond donors (Lipinski definition) is 0. The van der Waals surface area contributed by atoms with Gasteiger partial charge in [0, 0.05) is 175 Å². The normalized spacial score (nSPS) is 7.88. The minimum atomic E-state index is -0.125. The Morgan fingerprint density at radius 2 is 0.770 bits per heavy atom. The fraction of sp³-hybridized carbons (Fsp3) is 0.806. The Morgan fingerprint density at radius 1 is 0.419 bits per heavy atom. The van der Waals surface area contributed by atoms with E-state index < -0.39 is 0 Å². The molecule has 0 rings (SSSR count). The maximum atomic E-state index is 8.69.